The van der Waals surface area contributed by atoms with Crippen molar-refractivity contribution in [2.24, 2.45) is 5.41 Å². The van der Waals surface area contributed by atoms with E-state index in [1.165, 1.54) is 12.7 Å². The van der Waals surface area contributed by atoms with Gasteiger partial charge in [-0.3, -0.25) is 14.5 Å². The van der Waals surface area contributed by atoms with Crippen LogP contribution in [0.15, 0.2) is 42.5 Å². The molecule has 1 aliphatic carbocycles. The average Bonchev–Trinajstić information content (AvgIpc) is 3.50. The fourth-order valence-electron chi connectivity index (χ4n) is 6.40. The zero-order valence-corrected chi connectivity index (χ0v) is 28.8. The van der Waals surface area contributed by atoms with Gasteiger partial charge in [-0.15, -0.1) is 0 Å². The van der Waals surface area contributed by atoms with Gasteiger partial charge < -0.3 is 15.4 Å². The normalized spacial score (nSPS) is 17.3. The number of hydrogen-bond donors (Lipinski definition) is 2. The number of amides is 2. The third kappa shape index (κ3) is 10.7. The van der Waals surface area contributed by atoms with Gasteiger partial charge in [0.05, 0.1) is 15.6 Å². The summed E-state index contributed by atoms with van der Waals surface area (Å²) in [5.74, 6) is -1.01. The van der Waals surface area contributed by atoms with Crippen molar-refractivity contribution >= 4 is 56.5 Å². The molecule has 0 radical (unpaired) electrons. The fourth-order valence-corrected chi connectivity index (χ4v) is 7.70. The van der Waals surface area contributed by atoms with E-state index in [-0.39, 0.29) is 40.3 Å². The van der Waals surface area contributed by atoms with Crippen LogP contribution >= 0.6 is 23.2 Å². The van der Waals surface area contributed by atoms with E-state index in [0.29, 0.717) is 44.3 Å². The number of sulfone groups is 1. The molecule has 252 valence electrons. The van der Waals surface area contributed by atoms with Crippen LogP contribution in [0.25, 0.3) is 0 Å². The first kappa shape index (κ1) is 36.2. The molecule has 2 fully saturated rings. The van der Waals surface area contributed by atoms with E-state index >= 15 is 0 Å². The Hall–Kier alpha value is -2.66. The molecular formula is C34H45Cl2N3O6S. The molecule has 2 aromatic rings. The molecule has 0 bridgehead atoms. The Morgan fingerprint density at radius 1 is 0.935 bits per heavy atom. The summed E-state index contributed by atoms with van der Waals surface area (Å²) in [5, 5.41) is 6.32. The lowest BCUT2D eigenvalue weighted by Crippen LogP contribution is -2.49. The first-order chi connectivity index (χ1) is 22.0. The molecule has 1 atom stereocenters. The Balaban J connectivity index is 1.43. The second-order valence-corrected chi connectivity index (χ2v) is 15.7. The fraction of sp³-hybridized carbons (Fsp3) is 0.559. The number of rotatable bonds is 15. The number of nitrogens with zero attached hydrogens (tertiary/aromatic N) is 1. The third-order valence-corrected chi connectivity index (χ3v) is 10.7. The van der Waals surface area contributed by atoms with Gasteiger partial charge in [0, 0.05) is 36.1 Å². The van der Waals surface area contributed by atoms with E-state index in [1.807, 2.05) is 0 Å². The highest BCUT2D eigenvalue weighted by atomic mass is 35.5. The van der Waals surface area contributed by atoms with E-state index in [1.54, 1.807) is 42.5 Å². The number of anilines is 1. The molecule has 4 rings (SSSR count). The van der Waals surface area contributed by atoms with Gasteiger partial charge in [0.2, 0.25) is 5.91 Å². The van der Waals surface area contributed by atoms with Crippen molar-refractivity contribution in [3.63, 3.8) is 0 Å². The Bertz CT molecular complexity index is 1440. The van der Waals surface area contributed by atoms with Crippen LogP contribution in [-0.2, 0) is 30.6 Å². The number of carbonyl (C=O) groups is 3. The first-order valence-corrected chi connectivity index (χ1v) is 19.0. The molecule has 1 saturated heterocycles. The lowest BCUT2D eigenvalue weighted by atomic mass is 9.80. The van der Waals surface area contributed by atoms with E-state index in [4.69, 9.17) is 27.9 Å². The van der Waals surface area contributed by atoms with Crippen LogP contribution < -0.4 is 10.6 Å². The van der Waals surface area contributed by atoms with Crippen LogP contribution in [0.4, 0.5) is 5.69 Å². The molecule has 1 heterocycles. The minimum atomic E-state index is -3.07. The smallest absolute Gasteiger partial charge is 0.329 e. The summed E-state index contributed by atoms with van der Waals surface area (Å²) in [6.45, 7) is 2.88. The molecule has 2 N–H and O–H groups in total. The lowest BCUT2D eigenvalue weighted by molar-refractivity contribution is -0.149. The average molecular weight is 695 g/mol. The van der Waals surface area contributed by atoms with E-state index < -0.39 is 33.2 Å². The summed E-state index contributed by atoms with van der Waals surface area (Å²) in [4.78, 5) is 42.4. The van der Waals surface area contributed by atoms with Gasteiger partial charge in [0.25, 0.3) is 5.91 Å². The van der Waals surface area contributed by atoms with E-state index in [9.17, 15) is 22.8 Å². The molecule has 1 aliphatic heterocycles. The first-order valence-electron chi connectivity index (χ1n) is 16.2. The van der Waals surface area contributed by atoms with Gasteiger partial charge in [-0.2, -0.15) is 0 Å². The maximum absolute atomic E-state index is 13.8. The summed E-state index contributed by atoms with van der Waals surface area (Å²) in [5.41, 5.74) is 0.856. The molecule has 0 spiro atoms. The number of nitrogens with one attached hydrogen (secondary N) is 2. The second kappa shape index (κ2) is 16.9. The number of likely N-dealkylation sites (tertiary alicyclic amines) is 1. The third-order valence-electron chi connectivity index (χ3n) is 8.99. The molecule has 12 heteroatoms. The number of halogens is 2. The topological polar surface area (TPSA) is 122 Å². The molecule has 0 aromatic heterocycles. The van der Waals surface area contributed by atoms with Crippen molar-refractivity contribution in [1.82, 2.24) is 10.2 Å². The molecule has 2 aromatic carbocycles. The molecule has 46 heavy (non-hydrogen) atoms. The van der Waals surface area contributed by atoms with Gasteiger partial charge in [0.1, 0.15) is 22.5 Å². The van der Waals surface area contributed by atoms with Crippen molar-refractivity contribution in [3.05, 3.63) is 63.6 Å². The van der Waals surface area contributed by atoms with Crippen LogP contribution in [0, 0.1) is 5.41 Å². The number of piperidine rings is 1. The van der Waals surface area contributed by atoms with Crippen molar-refractivity contribution in [2.45, 2.75) is 76.7 Å². The minimum Gasteiger partial charge on any atom is -0.463 e. The van der Waals surface area contributed by atoms with Crippen molar-refractivity contribution in [1.29, 1.82) is 0 Å². The Labute approximate surface area is 282 Å². The molecule has 1 saturated carbocycles. The van der Waals surface area contributed by atoms with Crippen LogP contribution in [0.5, 0.6) is 0 Å². The van der Waals surface area contributed by atoms with Crippen molar-refractivity contribution < 1.29 is 27.5 Å². The van der Waals surface area contributed by atoms with Crippen LogP contribution in [0.2, 0.25) is 10.0 Å². The highest BCUT2D eigenvalue weighted by molar-refractivity contribution is 7.90. The summed E-state index contributed by atoms with van der Waals surface area (Å²) in [7, 11) is -3.07. The summed E-state index contributed by atoms with van der Waals surface area (Å²) in [6, 6.07) is 11.0. The van der Waals surface area contributed by atoms with E-state index in [0.717, 1.165) is 44.3 Å². The highest BCUT2D eigenvalue weighted by Crippen LogP contribution is 2.42. The van der Waals surface area contributed by atoms with Gasteiger partial charge in [-0.1, -0.05) is 67.1 Å². The number of hydrogen-bond acceptors (Lipinski definition) is 7. The Morgan fingerprint density at radius 3 is 2.22 bits per heavy atom. The molecule has 9 nitrogen and oxygen atoms in total. The Morgan fingerprint density at radius 2 is 1.59 bits per heavy atom. The number of benzene rings is 2. The second-order valence-electron chi connectivity index (χ2n) is 12.6. The zero-order valence-electron chi connectivity index (χ0n) is 26.5. The predicted molar refractivity (Wildman–Crippen MR) is 182 cm³/mol. The lowest BCUT2D eigenvalue weighted by Gasteiger charge is -2.30. The van der Waals surface area contributed by atoms with Crippen molar-refractivity contribution in [2.75, 3.05) is 43.6 Å². The number of esters is 1. The number of carbonyl (C=O) groups excluding carboxylic acids is 3. The summed E-state index contributed by atoms with van der Waals surface area (Å²) in [6.07, 6.45) is 9.88. The predicted octanol–water partition coefficient (Wildman–Crippen LogP) is 6.08. The maximum atomic E-state index is 13.8. The molecule has 2 aliphatic rings. The van der Waals surface area contributed by atoms with Gasteiger partial charge in [-0.25, -0.2) is 13.2 Å². The van der Waals surface area contributed by atoms with Crippen LogP contribution in [-0.4, -0.2) is 75.4 Å². The van der Waals surface area contributed by atoms with Gasteiger partial charge in [-0.05, 0) is 81.4 Å². The van der Waals surface area contributed by atoms with Crippen molar-refractivity contribution in [3.8, 4) is 0 Å². The SMILES string of the molecule is CS(=O)(=O)CCCCC1(C(=O)NC(Cc2ccc(NC(=O)c3c(Cl)cccc3Cl)cc2)C(=O)OCCN2CCCCC2)CCCC1. The van der Waals surface area contributed by atoms with E-state index in [2.05, 4.69) is 15.5 Å². The quantitative estimate of drug-likeness (QED) is 0.171. The minimum absolute atomic E-state index is 0.0958. The largest absolute Gasteiger partial charge is 0.463 e. The molecular weight excluding hydrogens is 649 g/mol. The maximum Gasteiger partial charge on any atom is 0.329 e. The number of unbranched alkanes of at least 4 members (excludes halogenated alkanes) is 1. The highest BCUT2D eigenvalue weighted by Gasteiger charge is 2.42. The van der Waals surface area contributed by atoms with Gasteiger partial charge in [0.15, 0.2) is 0 Å². The molecule has 2 amide bonds. The number of ether oxygens (including phenoxy) is 1. The monoisotopic (exact) mass is 693 g/mol. The summed E-state index contributed by atoms with van der Waals surface area (Å²) < 4.78 is 29.0. The van der Waals surface area contributed by atoms with Crippen LogP contribution in [0.1, 0.15) is 80.1 Å². The summed E-state index contributed by atoms with van der Waals surface area (Å²) >= 11 is 12.4. The van der Waals surface area contributed by atoms with Gasteiger partial charge >= 0.3 is 5.97 Å². The molecule has 1 unspecified atom stereocenters. The zero-order chi connectivity index (χ0) is 33.2. The Kier molecular flexibility index (Phi) is 13.3. The van der Waals surface area contributed by atoms with Crippen LogP contribution in [0.3, 0.4) is 0 Å². The standard InChI is InChI=1S/C34H45Cl2N3O6S/c1-46(43,44)23-8-5-18-34(16-3-4-17-34)33(42)38-29(32(41)45-22-21-39-19-6-2-7-20-39)24-25-12-14-26(15-13-25)37-31(40)30-27(35)10-9-11-28(30)36/h9-15,29H,2-8,16-24H2,1H3,(H,37,40)(H,38,42).